The van der Waals surface area contributed by atoms with E-state index in [4.69, 9.17) is 9.47 Å². The molecule has 2 unspecified atom stereocenters. The number of halogens is 1. The van der Waals surface area contributed by atoms with Gasteiger partial charge in [-0.25, -0.2) is 9.18 Å². The van der Waals surface area contributed by atoms with Gasteiger partial charge >= 0.3 is 6.09 Å². The molecule has 6 nitrogen and oxygen atoms in total. The topological polar surface area (TPSA) is 63.2 Å². The Bertz CT molecular complexity index is 480. The summed E-state index contributed by atoms with van der Waals surface area (Å²) in [4.78, 5) is 17.2. The van der Waals surface area contributed by atoms with E-state index in [9.17, 15) is 9.18 Å². The third-order valence-electron chi connectivity index (χ3n) is 3.85. The number of alkyl carbamates (subject to hydrolysis) is 1. The van der Waals surface area contributed by atoms with E-state index in [1.54, 1.807) is 13.1 Å². The summed E-state index contributed by atoms with van der Waals surface area (Å²) >= 11 is 0. The molecule has 0 aliphatic carbocycles. The highest BCUT2D eigenvalue weighted by molar-refractivity contribution is 6.76. The third-order valence-corrected chi connectivity index (χ3v) is 5.56. The monoisotopic (exact) mass is 359 g/mol. The van der Waals surface area contributed by atoms with Crippen LogP contribution < -0.4 is 5.32 Å². The molecular formula is C16H30FN3O3Si. The van der Waals surface area contributed by atoms with Gasteiger partial charge in [-0.3, -0.25) is 4.99 Å². The summed E-state index contributed by atoms with van der Waals surface area (Å²) in [5, 5.41) is 2.75. The lowest BCUT2D eigenvalue weighted by atomic mass is 9.94. The van der Waals surface area contributed by atoms with Crippen molar-refractivity contribution in [2.75, 3.05) is 27.0 Å². The second-order valence-electron chi connectivity index (χ2n) is 7.22. The van der Waals surface area contributed by atoms with Crippen molar-refractivity contribution < 1.29 is 18.7 Å². The van der Waals surface area contributed by atoms with E-state index in [1.807, 2.05) is 0 Å². The molecule has 1 fully saturated rings. The zero-order valence-corrected chi connectivity index (χ0v) is 16.4. The quantitative estimate of drug-likeness (QED) is 0.131. The fourth-order valence-corrected chi connectivity index (χ4v) is 3.27. The minimum absolute atomic E-state index is 0.0730. The lowest BCUT2D eigenvalue weighted by Crippen LogP contribution is -2.59. The number of nitrogens with one attached hydrogen (secondary N) is 1. The summed E-state index contributed by atoms with van der Waals surface area (Å²) in [6.45, 7) is 12.7. The Hall–Kier alpha value is -1.41. The van der Waals surface area contributed by atoms with Gasteiger partial charge in [-0.2, -0.15) is 0 Å². The molecule has 138 valence electrons. The molecule has 2 atom stereocenters. The number of amidine groups is 1. The lowest BCUT2D eigenvalue weighted by Gasteiger charge is -2.36. The van der Waals surface area contributed by atoms with Gasteiger partial charge in [-0.15, -0.1) is 6.58 Å². The number of hydrogen-bond donors (Lipinski definition) is 1. The van der Waals surface area contributed by atoms with Crippen molar-refractivity contribution >= 4 is 20.0 Å². The number of carbonyl (C=O) groups is 1. The van der Waals surface area contributed by atoms with E-state index in [2.05, 4.69) is 36.5 Å². The molecule has 1 aliphatic heterocycles. The molecule has 8 heteroatoms. The first kappa shape index (κ1) is 20.6. The van der Waals surface area contributed by atoms with Crippen molar-refractivity contribution in [3.63, 3.8) is 0 Å². The fraction of sp³-hybridized carbons (Fsp3) is 0.750. The van der Waals surface area contributed by atoms with Crippen LogP contribution in [-0.2, 0) is 9.47 Å². The zero-order valence-electron chi connectivity index (χ0n) is 15.4. The Morgan fingerprint density at radius 2 is 2.29 bits per heavy atom. The highest BCUT2D eigenvalue weighted by Gasteiger charge is 2.46. The summed E-state index contributed by atoms with van der Waals surface area (Å²) in [6.07, 6.45) is 0.204. The van der Waals surface area contributed by atoms with E-state index in [0.29, 0.717) is 18.9 Å². The van der Waals surface area contributed by atoms with Crippen molar-refractivity contribution in [2.24, 2.45) is 4.99 Å². The number of cyclic esters (lactones) is 1. The minimum atomic E-state index is -1.31. The van der Waals surface area contributed by atoms with Crippen LogP contribution in [0.15, 0.2) is 17.6 Å². The fourth-order valence-electron chi connectivity index (χ4n) is 2.52. The molecule has 1 amide bonds. The molecule has 1 saturated heterocycles. The van der Waals surface area contributed by atoms with Crippen LogP contribution in [0.2, 0.25) is 25.7 Å². The molecule has 0 aromatic heterocycles. The average Bonchev–Trinajstić information content (AvgIpc) is 2.83. The lowest BCUT2D eigenvalue weighted by molar-refractivity contribution is 0.0175. The molecule has 1 N–H and O–H groups in total. The maximum atomic E-state index is 14.2. The van der Waals surface area contributed by atoms with Gasteiger partial charge in [-0.1, -0.05) is 25.7 Å². The molecule has 0 saturated carbocycles. The predicted octanol–water partition coefficient (Wildman–Crippen LogP) is 3.00. The third kappa shape index (κ3) is 5.59. The SMILES string of the molecule is C=CCC1(C(=NC)N(COCC[Si](C)(C)C)C(C)F)COC(=O)N1. The Kier molecular flexibility index (Phi) is 7.41. The summed E-state index contributed by atoms with van der Waals surface area (Å²) in [5.41, 5.74) is -0.907. The second kappa shape index (κ2) is 8.62. The van der Waals surface area contributed by atoms with Crippen LogP contribution in [0.5, 0.6) is 0 Å². The number of aliphatic imine (C=N–C) groups is 1. The zero-order chi connectivity index (χ0) is 18.4. The van der Waals surface area contributed by atoms with Crippen LogP contribution in [-0.4, -0.2) is 63.7 Å². The van der Waals surface area contributed by atoms with E-state index in [-0.39, 0.29) is 13.3 Å². The van der Waals surface area contributed by atoms with Gasteiger partial charge in [0, 0.05) is 21.7 Å². The van der Waals surface area contributed by atoms with Crippen molar-refractivity contribution in [1.82, 2.24) is 10.2 Å². The summed E-state index contributed by atoms with van der Waals surface area (Å²) in [5.74, 6) is 0.399. The Labute approximate surface area is 145 Å². The Morgan fingerprint density at radius 1 is 1.62 bits per heavy atom. The summed E-state index contributed by atoms with van der Waals surface area (Å²) in [6, 6.07) is 0.998. The molecule has 0 spiro atoms. The Balaban J connectivity index is 2.86. The number of hydrogen-bond acceptors (Lipinski definition) is 4. The maximum absolute atomic E-state index is 14.2. The molecular weight excluding hydrogens is 329 g/mol. The number of rotatable bonds is 9. The largest absolute Gasteiger partial charge is 0.447 e. The standard InChI is InChI=1S/C16H30FN3O3Si/c1-7-8-16(11-23-15(21)19-16)14(18-3)20(13(2)17)12-22-9-10-24(4,5)6/h7,13H,1,8-12H2,2-6H3,(H,19,21). The first-order valence-electron chi connectivity index (χ1n) is 8.17. The highest BCUT2D eigenvalue weighted by Crippen LogP contribution is 2.24. The van der Waals surface area contributed by atoms with Crippen LogP contribution >= 0.6 is 0 Å². The van der Waals surface area contributed by atoms with Crippen molar-refractivity contribution in [3.8, 4) is 0 Å². The smallest absolute Gasteiger partial charge is 0.408 e. The minimum Gasteiger partial charge on any atom is -0.447 e. The number of ether oxygens (including phenoxy) is 2. The van der Waals surface area contributed by atoms with Crippen LogP contribution in [0.3, 0.4) is 0 Å². The van der Waals surface area contributed by atoms with Crippen LogP contribution in [0.1, 0.15) is 13.3 Å². The first-order valence-corrected chi connectivity index (χ1v) is 11.9. The van der Waals surface area contributed by atoms with Gasteiger partial charge < -0.3 is 19.7 Å². The van der Waals surface area contributed by atoms with Crippen LogP contribution in [0.4, 0.5) is 9.18 Å². The first-order chi connectivity index (χ1) is 11.1. The van der Waals surface area contributed by atoms with Gasteiger partial charge in [0.15, 0.2) is 6.30 Å². The van der Waals surface area contributed by atoms with Crippen molar-refractivity contribution in [3.05, 3.63) is 12.7 Å². The van der Waals surface area contributed by atoms with Crippen molar-refractivity contribution in [1.29, 1.82) is 0 Å². The van der Waals surface area contributed by atoms with E-state index >= 15 is 0 Å². The maximum Gasteiger partial charge on any atom is 0.408 e. The molecule has 1 aliphatic rings. The Morgan fingerprint density at radius 3 is 2.71 bits per heavy atom. The van der Waals surface area contributed by atoms with E-state index < -0.39 is 26.0 Å². The van der Waals surface area contributed by atoms with Gasteiger partial charge in [0.2, 0.25) is 0 Å². The van der Waals surface area contributed by atoms with Gasteiger partial charge in [0.25, 0.3) is 0 Å². The molecule has 0 radical (unpaired) electrons. The molecule has 1 rings (SSSR count). The van der Waals surface area contributed by atoms with E-state index in [0.717, 1.165) is 6.04 Å². The van der Waals surface area contributed by atoms with Gasteiger partial charge in [0.1, 0.15) is 24.7 Å². The number of carbonyl (C=O) groups excluding carboxylic acids is 1. The normalized spacial score (nSPS) is 22.8. The predicted molar refractivity (Wildman–Crippen MR) is 96.8 cm³/mol. The van der Waals surface area contributed by atoms with Gasteiger partial charge in [-0.05, 0) is 19.4 Å². The van der Waals surface area contributed by atoms with Crippen LogP contribution in [0, 0.1) is 0 Å². The molecule has 24 heavy (non-hydrogen) atoms. The highest BCUT2D eigenvalue weighted by atomic mass is 28.3. The van der Waals surface area contributed by atoms with E-state index in [1.165, 1.54) is 11.8 Å². The number of nitrogens with zero attached hydrogens (tertiary/aromatic N) is 2. The second-order valence-corrected chi connectivity index (χ2v) is 12.8. The summed E-state index contributed by atoms with van der Waals surface area (Å²) < 4.78 is 24.9. The van der Waals surface area contributed by atoms with Gasteiger partial charge in [0.05, 0.1) is 0 Å². The molecule has 0 bridgehead atoms. The molecule has 1 heterocycles. The van der Waals surface area contributed by atoms with Crippen molar-refractivity contribution in [2.45, 2.75) is 50.9 Å². The average molecular weight is 360 g/mol. The molecule has 0 aromatic carbocycles. The number of amides is 1. The van der Waals surface area contributed by atoms with Crippen LogP contribution in [0.25, 0.3) is 0 Å². The number of alkyl halides is 1. The molecule has 0 aromatic rings. The summed E-state index contributed by atoms with van der Waals surface area (Å²) in [7, 11) is 0.360.